The molecule has 5 aromatic rings. The Morgan fingerprint density at radius 1 is 0.561 bits per heavy atom. The average Bonchev–Trinajstić information content (AvgIpc) is 3.30. The van der Waals surface area contributed by atoms with Gasteiger partial charge in [0, 0.05) is 44.1 Å². The highest BCUT2D eigenvalue weighted by Gasteiger charge is 2.21. The van der Waals surface area contributed by atoms with E-state index in [1.807, 2.05) is 37.5 Å². The van der Waals surface area contributed by atoms with Gasteiger partial charge in [0.05, 0.1) is 67.6 Å². The molecule has 5 N–H and O–H groups in total. The van der Waals surface area contributed by atoms with Gasteiger partial charge in [-0.15, -0.1) is 20.5 Å². The Morgan fingerprint density at radius 3 is 1.27 bits per heavy atom. The summed E-state index contributed by atoms with van der Waals surface area (Å²) in [5.41, 5.74) is 2.47. The first-order chi connectivity index (χ1) is 31.5. The van der Waals surface area contributed by atoms with Crippen molar-refractivity contribution in [2.75, 3.05) is 87.4 Å². The molecule has 0 aliphatic heterocycles. The van der Waals surface area contributed by atoms with Crippen molar-refractivity contribution in [3.05, 3.63) is 60.7 Å². The normalized spacial score (nSPS) is 11.8. The first kappa shape index (κ1) is 50.6. The van der Waals surface area contributed by atoms with E-state index in [2.05, 4.69) is 41.1 Å². The van der Waals surface area contributed by atoms with Crippen LogP contribution in [-0.4, -0.2) is 113 Å². The van der Waals surface area contributed by atoms with Crippen LogP contribution in [0.1, 0.15) is 27.7 Å². The summed E-state index contributed by atoms with van der Waals surface area (Å²) >= 11 is 1.15. The molecule has 0 bridgehead atoms. The fourth-order valence-corrected chi connectivity index (χ4v) is 7.95. The van der Waals surface area contributed by atoms with Gasteiger partial charge in [-0.1, -0.05) is 11.8 Å². The number of hydrogen-bond acceptors (Lipinski definition) is 21. The zero-order valence-electron chi connectivity index (χ0n) is 37.4. The van der Waals surface area contributed by atoms with Crippen molar-refractivity contribution < 1.29 is 50.0 Å². The second-order valence-electron chi connectivity index (χ2n) is 13.5. The summed E-state index contributed by atoms with van der Waals surface area (Å²) in [7, 11) is -3.41. The molecule has 4 aromatic carbocycles. The van der Waals surface area contributed by atoms with Crippen molar-refractivity contribution in [2.24, 2.45) is 20.5 Å². The van der Waals surface area contributed by atoms with Crippen LogP contribution in [0.5, 0.6) is 23.0 Å². The minimum Gasteiger partial charge on any atom is -0.494 e. The van der Waals surface area contributed by atoms with Gasteiger partial charge in [0.2, 0.25) is 11.9 Å². The Balaban J connectivity index is 1.69. The Hall–Kier alpha value is -6.38. The van der Waals surface area contributed by atoms with E-state index in [1.165, 1.54) is 52.7 Å². The predicted octanol–water partition coefficient (Wildman–Crippen LogP) is 8.49. The van der Waals surface area contributed by atoms with E-state index in [1.54, 1.807) is 24.3 Å². The van der Waals surface area contributed by atoms with Gasteiger partial charge in [-0.05, 0) is 76.2 Å². The van der Waals surface area contributed by atoms with Crippen LogP contribution in [0.4, 0.5) is 57.4 Å². The van der Waals surface area contributed by atoms with Gasteiger partial charge >= 0.3 is 0 Å². The topological polar surface area (TPSA) is 285 Å². The standard InChI is InChI=1S/C41H51N11O11S3/c1-9-51(10-2)33-21-27(29(23-37(33)62-7)47-49-31-19-25(65(54,55)56)13-15-35(31)60-5)42-39-44-40(46-41(45-39)64-18-17-53)43-28-22-34(52(11-3)12-4)38(63-8)24-30(28)48-50-32-20-26(66(57,58)59)14-16-36(32)61-6/h13-16,19-24,53H,9-12,17-18H2,1-8H3,(H,54,55,56)(H,57,58,59)(H2,42,43,44,45,46)/b49-47+,50-48+. The molecule has 0 spiro atoms. The molecule has 354 valence electrons. The number of aromatic nitrogens is 3. The monoisotopic (exact) mass is 969 g/mol. The van der Waals surface area contributed by atoms with Gasteiger partial charge in [-0.25, -0.2) is 0 Å². The number of hydrogen-bond donors (Lipinski definition) is 5. The quantitative estimate of drug-likeness (QED) is 0.0233. The molecule has 0 radical (unpaired) electrons. The smallest absolute Gasteiger partial charge is 0.294 e. The van der Waals surface area contributed by atoms with Crippen LogP contribution in [0.15, 0.2) is 96.1 Å². The van der Waals surface area contributed by atoms with E-state index < -0.39 is 30.0 Å². The summed E-state index contributed by atoms with van der Waals surface area (Å²) in [5.74, 6) is 1.54. The average molecular weight is 970 g/mol. The number of methoxy groups -OCH3 is 4. The molecule has 0 atom stereocenters. The number of ether oxygens (including phenoxy) is 4. The number of benzene rings is 4. The highest BCUT2D eigenvalue weighted by molar-refractivity contribution is 7.99. The van der Waals surface area contributed by atoms with Crippen molar-refractivity contribution in [1.82, 2.24) is 15.0 Å². The third-order valence-electron chi connectivity index (χ3n) is 9.66. The molecule has 5 rings (SSSR count). The summed E-state index contributed by atoms with van der Waals surface area (Å²) in [4.78, 5) is 17.2. The molecule has 1 aromatic heterocycles. The van der Waals surface area contributed by atoms with Gasteiger partial charge < -0.3 is 44.5 Å². The van der Waals surface area contributed by atoms with E-state index >= 15 is 0 Å². The molecule has 0 aliphatic rings. The Labute approximate surface area is 387 Å². The fourth-order valence-electron chi connectivity index (χ4n) is 6.37. The molecule has 0 unspecified atom stereocenters. The first-order valence-electron chi connectivity index (χ1n) is 20.2. The van der Waals surface area contributed by atoms with Crippen molar-refractivity contribution in [3.63, 3.8) is 0 Å². The maximum atomic E-state index is 12.0. The molecule has 0 saturated heterocycles. The van der Waals surface area contributed by atoms with Crippen LogP contribution in [0.3, 0.4) is 0 Å². The number of anilines is 6. The number of thioether (sulfide) groups is 1. The molecule has 0 saturated carbocycles. The van der Waals surface area contributed by atoms with Gasteiger partial charge in [-0.3, -0.25) is 9.11 Å². The van der Waals surface area contributed by atoms with E-state index in [0.29, 0.717) is 60.4 Å². The van der Waals surface area contributed by atoms with E-state index in [9.17, 15) is 31.0 Å². The SMILES string of the molecule is CCN(CC)c1cc(Nc2nc(Nc3cc(N(CC)CC)c(OC)cc3/N=N/c3cc(S(=O)(=O)O)ccc3OC)nc(SCCO)n2)c(/N=N/c2cc(S(=O)(=O)O)ccc2OC)cc1OC. The lowest BCUT2D eigenvalue weighted by atomic mass is 10.2. The Kier molecular flexibility index (Phi) is 17.4. The summed E-state index contributed by atoms with van der Waals surface area (Å²) in [6, 6.07) is 14.1. The zero-order chi connectivity index (χ0) is 48.2. The van der Waals surface area contributed by atoms with Crippen LogP contribution in [-0.2, 0) is 20.2 Å². The lowest BCUT2D eigenvalue weighted by Crippen LogP contribution is -2.22. The Morgan fingerprint density at radius 2 is 0.939 bits per heavy atom. The van der Waals surface area contributed by atoms with Crippen molar-refractivity contribution in [1.29, 1.82) is 0 Å². The molecule has 1 heterocycles. The van der Waals surface area contributed by atoms with Crippen LogP contribution < -0.4 is 39.4 Å². The summed E-state index contributed by atoms with van der Waals surface area (Å²) in [6.07, 6.45) is 0. The Bertz CT molecular complexity index is 2610. The summed E-state index contributed by atoms with van der Waals surface area (Å²) in [5, 5.41) is 34.0. The predicted molar refractivity (Wildman–Crippen MR) is 251 cm³/mol. The van der Waals surface area contributed by atoms with Crippen molar-refractivity contribution in [2.45, 2.75) is 42.6 Å². The van der Waals surface area contributed by atoms with Gasteiger partial charge in [0.1, 0.15) is 45.7 Å². The second-order valence-corrected chi connectivity index (χ2v) is 17.4. The molecule has 0 fully saturated rings. The molecule has 22 nitrogen and oxygen atoms in total. The largest absolute Gasteiger partial charge is 0.494 e. The maximum absolute atomic E-state index is 12.0. The van der Waals surface area contributed by atoms with Gasteiger partial charge in [-0.2, -0.15) is 31.8 Å². The van der Waals surface area contributed by atoms with Gasteiger partial charge in [0.15, 0.2) is 5.16 Å². The van der Waals surface area contributed by atoms with Gasteiger partial charge in [0.25, 0.3) is 20.2 Å². The fraction of sp³-hybridized carbons (Fsp3) is 0.341. The van der Waals surface area contributed by atoms with Crippen LogP contribution in [0, 0.1) is 0 Å². The summed E-state index contributed by atoms with van der Waals surface area (Å²) < 4.78 is 89.8. The first-order valence-corrected chi connectivity index (χ1v) is 24.0. The number of nitrogens with one attached hydrogen (secondary N) is 2. The number of aliphatic hydroxyl groups excluding tert-OH is 1. The lowest BCUT2D eigenvalue weighted by Gasteiger charge is -2.25. The van der Waals surface area contributed by atoms with Crippen LogP contribution in [0.25, 0.3) is 0 Å². The minimum atomic E-state index is -4.59. The number of azo groups is 2. The van der Waals surface area contributed by atoms with Crippen LogP contribution >= 0.6 is 11.8 Å². The van der Waals surface area contributed by atoms with E-state index in [0.717, 1.165) is 23.9 Å². The molecule has 0 aliphatic carbocycles. The molecule has 66 heavy (non-hydrogen) atoms. The zero-order valence-corrected chi connectivity index (χ0v) is 39.8. The number of rotatable bonds is 23. The number of aliphatic hydroxyl groups is 1. The highest BCUT2D eigenvalue weighted by Crippen LogP contribution is 2.43. The van der Waals surface area contributed by atoms with Crippen LogP contribution in [0.2, 0.25) is 0 Å². The lowest BCUT2D eigenvalue weighted by molar-refractivity contribution is 0.322. The van der Waals surface area contributed by atoms with Crippen molar-refractivity contribution >= 4 is 89.4 Å². The minimum absolute atomic E-state index is 0.000743. The highest BCUT2D eigenvalue weighted by atomic mass is 32.2. The van der Waals surface area contributed by atoms with E-state index in [-0.39, 0.29) is 63.7 Å². The molecule has 0 amide bonds. The summed E-state index contributed by atoms with van der Waals surface area (Å²) in [6.45, 7) is 10.2. The molecular formula is C41H51N11O11S3. The second kappa shape index (κ2) is 22.7. The van der Waals surface area contributed by atoms with Crippen molar-refractivity contribution in [3.8, 4) is 23.0 Å². The van der Waals surface area contributed by atoms with E-state index in [4.69, 9.17) is 23.9 Å². The third-order valence-corrected chi connectivity index (χ3v) is 12.2. The third kappa shape index (κ3) is 12.5. The molecular weight excluding hydrogens is 919 g/mol. The molecule has 25 heteroatoms. The maximum Gasteiger partial charge on any atom is 0.294 e. The number of nitrogens with zero attached hydrogens (tertiary/aromatic N) is 9.